The van der Waals surface area contributed by atoms with Crippen LogP contribution in [0.15, 0.2) is 28.7 Å². The minimum Gasteiger partial charge on any atom is -0.507 e. The first-order valence-electron chi connectivity index (χ1n) is 3.62. The lowest BCUT2D eigenvalue weighted by Gasteiger charge is -1.89. The second kappa shape index (κ2) is 2.53. The van der Waals surface area contributed by atoms with Crippen molar-refractivity contribution in [2.45, 2.75) is 6.61 Å². The van der Waals surface area contributed by atoms with E-state index < -0.39 is 0 Å². The van der Waals surface area contributed by atoms with Gasteiger partial charge in [-0.2, -0.15) is 0 Å². The number of aromatic hydroxyl groups is 1. The van der Waals surface area contributed by atoms with Gasteiger partial charge in [-0.1, -0.05) is 6.07 Å². The largest absolute Gasteiger partial charge is 0.507 e. The second-order valence-electron chi connectivity index (χ2n) is 2.56. The molecule has 0 aliphatic carbocycles. The first kappa shape index (κ1) is 7.18. The van der Waals surface area contributed by atoms with Crippen molar-refractivity contribution < 1.29 is 14.6 Å². The zero-order valence-electron chi connectivity index (χ0n) is 6.32. The zero-order chi connectivity index (χ0) is 8.55. The van der Waals surface area contributed by atoms with Crippen LogP contribution in [0.25, 0.3) is 11.0 Å². The lowest BCUT2D eigenvalue weighted by molar-refractivity contribution is 0.251. The summed E-state index contributed by atoms with van der Waals surface area (Å²) in [4.78, 5) is 0. The van der Waals surface area contributed by atoms with Crippen LogP contribution in [0.1, 0.15) is 5.76 Å². The van der Waals surface area contributed by atoms with E-state index in [-0.39, 0.29) is 12.4 Å². The Morgan fingerprint density at radius 1 is 1.33 bits per heavy atom. The average molecular weight is 164 g/mol. The molecule has 0 spiro atoms. The van der Waals surface area contributed by atoms with Crippen molar-refractivity contribution in [3.05, 3.63) is 30.0 Å². The van der Waals surface area contributed by atoms with E-state index in [2.05, 4.69) is 0 Å². The maximum Gasteiger partial charge on any atom is 0.138 e. The number of rotatable bonds is 1. The van der Waals surface area contributed by atoms with Gasteiger partial charge >= 0.3 is 0 Å². The van der Waals surface area contributed by atoms with E-state index in [1.165, 1.54) is 0 Å². The summed E-state index contributed by atoms with van der Waals surface area (Å²) in [6.45, 7) is -0.145. The number of fused-ring (bicyclic) bond motifs is 1. The highest BCUT2D eigenvalue weighted by molar-refractivity contribution is 5.84. The fourth-order valence-corrected chi connectivity index (χ4v) is 1.18. The SMILES string of the molecule is OCc1cc2c(O)cccc2o1. The number of furan rings is 1. The number of hydrogen-bond donors (Lipinski definition) is 2. The van der Waals surface area contributed by atoms with Crippen LogP contribution in [0.3, 0.4) is 0 Å². The van der Waals surface area contributed by atoms with E-state index in [1.54, 1.807) is 24.3 Å². The van der Waals surface area contributed by atoms with Crippen molar-refractivity contribution in [1.82, 2.24) is 0 Å². The summed E-state index contributed by atoms with van der Waals surface area (Å²) in [6.07, 6.45) is 0. The second-order valence-corrected chi connectivity index (χ2v) is 2.56. The Kier molecular flexibility index (Phi) is 1.52. The molecule has 0 aliphatic rings. The zero-order valence-corrected chi connectivity index (χ0v) is 6.32. The van der Waals surface area contributed by atoms with E-state index in [1.807, 2.05) is 0 Å². The topological polar surface area (TPSA) is 53.6 Å². The summed E-state index contributed by atoms with van der Waals surface area (Å²) in [5.41, 5.74) is 0.596. The third-order valence-corrected chi connectivity index (χ3v) is 1.75. The van der Waals surface area contributed by atoms with Gasteiger partial charge in [0.05, 0.1) is 5.39 Å². The normalized spacial score (nSPS) is 10.8. The third-order valence-electron chi connectivity index (χ3n) is 1.75. The smallest absolute Gasteiger partial charge is 0.138 e. The number of phenolic OH excluding ortho intramolecular Hbond substituents is 1. The van der Waals surface area contributed by atoms with Crippen LogP contribution >= 0.6 is 0 Å². The number of aliphatic hydroxyl groups is 1. The van der Waals surface area contributed by atoms with Crippen LogP contribution < -0.4 is 0 Å². The van der Waals surface area contributed by atoms with E-state index in [9.17, 15) is 5.11 Å². The molecule has 0 radical (unpaired) electrons. The summed E-state index contributed by atoms with van der Waals surface area (Å²) in [5.74, 6) is 0.641. The fourth-order valence-electron chi connectivity index (χ4n) is 1.18. The summed E-state index contributed by atoms with van der Waals surface area (Å²) >= 11 is 0. The molecule has 0 amide bonds. The minimum atomic E-state index is -0.145. The van der Waals surface area contributed by atoms with Gasteiger partial charge in [0.25, 0.3) is 0 Å². The Balaban J connectivity index is 2.74. The van der Waals surface area contributed by atoms with Gasteiger partial charge in [-0.15, -0.1) is 0 Å². The van der Waals surface area contributed by atoms with Gasteiger partial charge in [0.1, 0.15) is 23.7 Å². The molecular weight excluding hydrogens is 156 g/mol. The average Bonchev–Trinajstić information content (AvgIpc) is 2.49. The Bertz CT molecular complexity index is 403. The van der Waals surface area contributed by atoms with Gasteiger partial charge in [0.15, 0.2) is 0 Å². The summed E-state index contributed by atoms with van der Waals surface area (Å²) in [6, 6.07) is 6.65. The highest BCUT2D eigenvalue weighted by Crippen LogP contribution is 2.27. The maximum atomic E-state index is 9.34. The number of aliphatic hydroxyl groups excluding tert-OH is 1. The Morgan fingerprint density at radius 2 is 2.17 bits per heavy atom. The molecule has 3 heteroatoms. The molecule has 1 aromatic carbocycles. The van der Waals surface area contributed by atoms with Gasteiger partial charge in [-0.05, 0) is 18.2 Å². The quantitative estimate of drug-likeness (QED) is 0.673. The predicted octanol–water partition coefficient (Wildman–Crippen LogP) is 1.63. The monoisotopic (exact) mass is 164 g/mol. The molecular formula is C9H8O3. The van der Waals surface area contributed by atoms with E-state index in [4.69, 9.17) is 9.52 Å². The molecule has 0 unspecified atom stereocenters. The molecule has 62 valence electrons. The van der Waals surface area contributed by atoms with Crippen LogP contribution in [-0.4, -0.2) is 10.2 Å². The van der Waals surface area contributed by atoms with Gasteiger partial charge in [0.2, 0.25) is 0 Å². The predicted molar refractivity (Wildman–Crippen MR) is 43.8 cm³/mol. The van der Waals surface area contributed by atoms with Crippen LogP contribution in [0.2, 0.25) is 0 Å². The Morgan fingerprint density at radius 3 is 2.83 bits per heavy atom. The summed E-state index contributed by atoms with van der Waals surface area (Å²) < 4.78 is 5.19. The molecule has 0 fully saturated rings. The van der Waals surface area contributed by atoms with Gasteiger partial charge in [-0.25, -0.2) is 0 Å². The minimum absolute atomic E-state index is 0.145. The molecule has 12 heavy (non-hydrogen) atoms. The molecule has 3 nitrogen and oxygen atoms in total. The number of hydrogen-bond acceptors (Lipinski definition) is 3. The van der Waals surface area contributed by atoms with Crippen molar-refractivity contribution in [1.29, 1.82) is 0 Å². The van der Waals surface area contributed by atoms with Gasteiger partial charge < -0.3 is 14.6 Å². The maximum absolute atomic E-state index is 9.34. The Labute approximate surface area is 68.9 Å². The fraction of sp³-hybridized carbons (Fsp3) is 0.111. The first-order valence-corrected chi connectivity index (χ1v) is 3.62. The molecule has 2 N–H and O–H groups in total. The van der Waals surface area contributed by atoms with Crippen LogP contribution in [0.4, 0.5) is 0 Å². The van der Waals surface area contributed by atoms with E-state index in [0.29, 0.717) is 16.7 Å². The van der Waals surface area contributed by atoms with Crippen molar-refractivity contribution in [3.8, 4) is 5.75 Å². The molecule has 2 rings (SSSR count). The molecule has 1 heterocycles. The molecule has 1 aromatic heterocycles. The van der Waals surface area contributed by atoms with Crippen molar-refractivity contribution in [3.63, 3.8) is 0 Å². The van der Waals surface area contributed by atoms with Gasteiger partial charge in [0, 0.05) is 0 Å². The molecule has 2 aromatic rings. The van der Waals surface area contributed by atoms with Crippen molar-refractivity contribution in [2.24, 2.45) is 0 Å². The lowest BCUT2D eigenvalue weighted by atomic mass is 10.2. The molecule has 0 atom stereocenters. The van der Waals surface area contributed by atoms with Gasteiger partial charge in [-0.3, -0.25) is 0 Å². The first-order chi connectivity index (χ1) is 5.81. The summed E-state index contributed by atoms with van der Waals surface area (Å²) in [5, 5.41) is 18.7. The third kappa shape index (κ3) is 0.950. The molecule has 0 saturated carbocycles. The molecule has 0 bridgehead atoms. The Hall–Kier alpha value is -1.48. The van der Waals surface area contributed by atoms with E-state index in [0.717, 1.165) is 0 Å². The lowest BCUT2D eigenvalue weighted by Crippen LogP contribution is -1.72. The standard InChI is InChI=1S/C9H8O3/c10-5-6-4-7-8(11)2-1-3-9(7)12-6/h1-4,10-11H,5H2. The highest BCUT2D eigenvalue weighted by Gasteiger charge is 2.04. The van der Waals surface area contributed by atoms with Crippen molar-refractivity contribution in [2.75, 3.05) is 0 Å². The highest BCUT2D eigenvalue weighted by atomic mass is 16.4. The molecule has 0 saturated heterocycles. The number of benzene rings is 1. The van der Waals surface area contributed by atoms with Crippen molar-refractivity contribution >= 4 is 11.0 Å². The van der Waals surface area contributed by atoms with Crippen LogP contribution in [0, 0.1) is 0 Å². The molecule has 0 aliphatic heterocycles. The number of phenols is 1. The van der Waals surface area contributed by atoms with Crippen LogP contribution in [-0.2, 0) is 6.61 Å². The summed E-state index contributed by atoms with van der Waals surface area (Å²) in [7, 11) is 0. The van der Waals surface area contributed by atoms with Crippen LogP contribution in [0.5, 0.6) is 5.75 Å². The van der Waals surface area contributed by atoms with E-state index >= 15 is 0 Å².